The molecule has 5 aromatic rings. The fraction of sp³-hybridized carbons (Fsp3) is 0.250. The summed E-state index contributed by atoms with van der Waals surface area (Å²) in [6.45, 7) is 1.88. The topological polar surface area (TPSA) is 107 Å². The van der Waals surface area contributed by atoms with E-state index in [4.69, 9.17) is 0 Å². The first-order valence-corrected chi connectivity index (χ1v) is 14.6. The maximum absolute atomic E-state index is 14.7. The highest BCUT2D eigenvalue weighted by atomic mass is 32.2. The van der Waals surface area contributed by atoms with Gasteiger partial charge in [-0.25, -0.2) is 27.2 Å². The molecular weight excluding hydrogens is 536 g/mol. The smallest absolute Gasteiger partial charge is 0.236 e. The van der Waals surface area contributed by atoms with Gasteiger partial charge in [-0.2, -0.15) is 5.10 Å². The Morgan fingerprint density at radius 3 is 2.62 bits per heavy atom. The summed E-state index contributed by atoms with van der Waals surface area (Å²) in [5.74, 6) is -1.07. The number of aromatic nitrogens is 5. The molecule has 1 atom stereocenters. The van der Waals surface area contributed by atoms with Crippen LogP contribution in [0.2, 0.25) is 0 Å². The lowest BCUT2D eigenvalue weighted by Crippen LogP contribution is -2.18. The Kier molecular flexibility index (Phi) is 5.90. The van der Waals surface area contributed by atoms with Crippen LogP contribution < -0.4 is 10.0 Å². The van der Waals surface area contributed by atoms with Gasteiger partial charge in [0.15, 0.2) is 0 Å². The van der Waals surface area contributed by atoms with Crippen molar-refractivity contribution >= 4 is 26.9 Å². The van der Waals surface area contributed by atoms with Crippen molar-refractivity contribution < 1.29 is 17.2 Å². The number of benzene rings is 2. The van der Waals surface area contributed by atoms with E-state index in [9.17, 15) is 17.2 Å². The lowest BCUT2D eigenvalue weighted by molar-refractivity contribution is 0.491. The lowest BCUT2D eigenvalue weighted by Gasteiger charge is -2.13. The zero-order valence-corrected chi connectivity index (χ0v) is 22.1. The van der Waals surface area contributed by atoms with Crippen molar-refractivity contribution in [3.05, 3.63) is 78.9 Å². The number of imidazole rings is 1. The van der Waals surface area contributed by atoms with Gasteiger partial charge >= 0.3 is 0 Å². The fourth-order valence-corrected chi connectivity index (χ4v) is 6.42. The molecule has 1 saturated heterocycles. The van der Waals surface area contributed by atoms with Gasteiger partial charge < -0.3 is 5.32 Å². The Labute approximate surface area is 228 Å². The van der Waals surface area contributed by atoms with E-state index in [0.717, 1.165) is 48.3 Å². The standard InChI is InChI=1S/C28H25F2N7O2S/c29-20-2-5-23(24(30)12-20)18-10-27(35-40(38,39)22-3-4-22)34-28(11-18)36-16-32-25-9-17(1-6-26(25)36)19-13-33-37(15-19)21-7-8-31-14-21/h1-2,5-6,9-13,15-16,21-22,31H,3-4,7-8,14H2,(H,34,35). The summed E-state index contributed by atoms with van der Waals surface area (Å²) in [7, 11) is -3.63. The first kappa shape index (κ1) is 24.9. The number of fused-ring (bicyclic) bond motifs is 1. The number of hydrogen-bond donors (Lipinski definition) is 2. The van der Waals surface area contributed by atoms with Crippen molar-refractivity contribution in [3.63, 3.8) is 0 Å². The Hall–Kier alpha value is -4.16. The normalized spacial score (nSPS) is 17.5. The average Bonchev–Trinajstić information content (AvgIpc) is 3.30. The van der Waals surface area contributed by atoms with Crippen molar-refractivity contribution in [1.82, 2.24) is 29.6 Å². The Morgan fingerprint density at radius 1 is 0.975 bits per heavy atom. The number of anilines is 1. The third-order valence-electron chi connectivity index (χ3n) is 7.40. The van der Waals surface area contributed by atoms with Crippen molar-refractivity contribution in [2.75, 3.05) is 17.8 Å². The second kappa shape index (κ2) is 9.49. The van der Waals surface area contributed by atoms with E-state index < -0.39 is 26.9 Å². The summed E-state index contributed by atoms with van der Waals surface area (Å²) in [5.41, 5.74) is 3.85. The van der Waals surface area contributed by atoms with Crippen molar-refractivity contribution in [2.45, 2.75) is 30.6 Å². The molecule has 2 fully saturated rings. The summed E-state index contributed by atoms with van der Waals surface area (Å²) in [4.78, 5) is 9.10. The Morgan fingerprint density at radius 2 is 1.85 bits per heavy atom. The third kappa shape index (κ3) is 4.62. The van der Waals surface area contributed by atoms with Gasteiger partial charge in [0.25, 0.3) is 0 Å². The summed E-state index contributed by atoms with van der Waals surface area (Å²) < 4.78 is 60.0. The van der Waals surface area contributed by atoms with Crippen LogP contribution in [-0.4, -0.2) is 51.1 Å². The van der Waals surface area contributed by atoms with Crippen LogP contribution in [0.1, 0.15) is 25.3 Å². The maximum Gasteiger partial charge on any atom is 0.236 e. The SMILES string of the molecule is O=S(=O)(Nc1cc(-c2ccc(F)cc2F)cc(-n2cnc3cc(-c4cnn(C5CCNC5)c4)ccc32)n1)C1CC1. The van der Waals surface area contributed by atoms with E-state index in [2.05, 4.69) is 25.1 Å². The summed E-state index contributed by atoms with van der Waals surface area (Å²) in [6.07, 6.45) is 7.68. The minimum absolute atomic E-state index is 0.0513. The second-order valence-corrected chi connectivity index (χ2v) is 12.2. The first-order chi connectivity index (χ1) is 19.3. The predicted octanol–water partition coefficient (Wildman–Crippen LogP) is 4.67. The van der Waals surface area contributed by atoms with E-state index in [1.54, 1.807) is 17.0 Å². The van der Waals surface area contributed by atoms with Gasteiger partial charge in [0.2, 0.25) is 10.0 Å². The number of nitrogens with one attached hydrogen (secondary N) is 2. The molecule has 2 N–H and O–H groups in total. The molecule has 40 heavy (non-hydrogen) atoms. The zero-order valence-electron chi connectivity index (χ0n) is 21.3. The minimum Gasteiger partial charge on any atom is -0.315 e. The van der Waals surface area contributed by atoms with E-state index in [0.29, 0.717) is 35.8 Å². The Bertz CT molecular complexity index is 1860. The molecule has 3 aromatic heterocycles. The van der Waals surface area contributed by atoms with Gasteiger partial charge in [-0.05, 0) is 73.3 Å². The molecule has 1 aliphatic heterocycles. The van der Waals surface area contributed by atoms with Crippen LogP contribution in [0.25, 0.3) is 39.1 Å². The molecule has 0 amide bonds. The number of pyridine rings is 1. The van der Waals surface area contributed by atoms with Crippen molar-refractivity contribution in [1.29, 1.82) is 0 Å². The molecule has 2 aromatic carbocycles. The molecule has 2 aliphatic rings. The van der Waals surface area contributed by atoms with Crippen LogP contribution in [0.15, 0.2) is 67.3 Å². The molecule has 4 heterocycles. The maximum atomic E-state index is 14.7. The molecule has 7 rings (SSSR count). The number of sulfonamides is 1. The second-order valence-electron chi connectivity index (χ2n) is 10.2. The van der Waals surface area contributed by atoms with Crippen LogP contribution in [0, 0.1) is 11.6 Å². The van der Waals surface area contributed by atoms with Crippen LogP contribution >= 0.6 is 0 Å². The molecule has 0 bridgehead atoms. The summed E-state index contributed by atoms with van der Waals surface area (Å²) >= 11 is 0. The minimum atomic E-state index is -3.63. The molecule has 0 spiro atoms. The molecule has 9 nitrogen and oxygen atoms in total. The van der Waals surface area contributed by atoms with Gasteiger partial charge in [0.1, 0.15) is 29.6 Å². The summed E-state index contributed by atoms with van der Waals surface area (Å²) in [6, 6.07) is 12.5. The highest BCUT2D eigenvalue weighted by Gasteiger charge is 2.36. The van der Waals surface area contributed by atoms with Crippen LogP contribution in [0.3, 0.4) is 0 Å². The quantitative estimate of drug-likeness (QED) is 0.299. The fourth-order valence-electron chi connectivity index (χ4n) is 5.11. The number of hydrogen-bond acceptors (Lipinski definition) is 6. The number of nitrogens with zero attached hydrogens (tertiary/aromatic N) is 5. The highest BCUT2D eigenvalue weighted by Crippen LogP contribution is 2.33. The van der Waals surface area contributed by atoms with Crippen LogP contribution in [-0.2, 0) is 10.0 Å². The van der Waals surface area contributed by atoms with Crippen LogP contribution in [0.4, 0.5) is 14.6 Å². The van der Waals surface area contributed by atoms with E-state index in [1.165, 1.54) is 12.1 Å². The van der Waals surface area contributed by atoms with Gasteiger partial charge in [-0.3, -0.25) is 14.0 Å². The average molecular weight is 562 g/mol. The number of rotatable bonds is 7. The molecule has 204 valence electrons. The van der Waals surface area contributed by atoms with Gasteiger partial charge in [0.05, 0.1) is 28.5 Å². The Balaban J connectivity index is 1.28. The van der Waals surface area contributed by atoms with E-state index in [-0.39, 0.29) is 11.4 Å². The molecule has 1 aliphatic carbocycles. The number of halogens is 2. The first-order valence-electron chi connectivity index (χ1n) is 13.1. The van der Waals surface area contributed by atoms with Gasteiger partial charge in [-0.15, -0.1) is 0 Å². The molecule has 1 unspecified atom stereocenters. The van der Waals surface area contributed by atoms with E-state index >= 15 is 0 Å². The highest BCUT2D eigenvalue weighted by molar-refractivity contribution is 7.93. The predicted molar refractivity (Wildman–Crippen MR) is 148 cm³/mol. The van der Waals surface area contributed by atoms with Crippen molar-refractivity contribution in [2.24, 2.45) is 0 Å². The monoisotopic (exact) mass is 561 g/mol. The lowest BCUT2D eigenvalue weighted by atomic mass is 10.1. The zero-order chi connectivity index (χ0) is 27.4. The molecular formula is C28H25F2N7O2S. The van der Waals surface area contributed by atoms with Gasteiger partial charge in [0, 0.05) is 29.9 Å². The molecule has 12 heteroatoms. The molecule has 1 saturated carbocycles. The summed E-state index contributed by atoms with van der Waals surface area (Å²) in [5, 5.41) is 7.43. The van der Waals surface area contributed by atoms with Crippen LogP contribution in [0.5, 0.6) is 0 Å². The van der Waals surface area contributed by atoms with E-state index in [1.807, 2.05) is 35.3 Å². The van der Waals surface area contributed by atoms with Crippen molar-refractivity contribution in [3.8, 4) is 28.1 Å². The molecule has 0 radical (unpaired) electrons. The largest absolute Gasteiger partial charge is 0.315 e. The third-order valence-corrected chi connectivity index (χ3v) is 9.24. The van der Waals surface area contributed by atoms with Gasteiger partial charge in [-0.1, -0.05) is 6.07 Å².